The fraction of sp³-hybridized carbons (Fsp3) is 0.273. The summed E-state index contributed by atoms with van der Waals surface area (Å²) in [6.45, 7) is 0.305. The van der Waals surface area contributed by atoms with Gasteiger partial charge in [-0.05, 0) is 18.9 Å². The topological polar surface area (TPSA) is 76.8 Å². The van der Waals surface area contributed by atoms with Crippen molar-refractivity contribution in [2.75, 3.05) is 6.52 Å². The number of nitrogens with zero attached hydrogens (tertiary/aromatic N) is 2. The summed E-state index contributed by atoms with van der Waals surface area (Å²) < 4.78 is 30.8. The molecule has 0 saturated carbocycles. The Labute approximate surface area is 95.3 Å². The number of amidine groups is 1. The third-order valence-corrected chi connectivity index (χ3v) is 1.42. The second-order valence-electron chi connectivity index (χ2n) is 2.81. The Morgan fingerprint density at radius 2 is 2.33 bits per heavy atom. The molecule has 2 unspecified atom stereocenters. The van der Waals surface area contributed by atoms with Crippen molar-refractivity contribution in [2.24, 2.45) is 21.5 Å². The summed E-state index contributed by atoms with van der Waals surface area (Å²) >= 11 is 0. The number of hydrogen-bond acceptors (Lipinski definition) is 1. The third-order valence-electron chi connectivity index (χ3n) is 1.42. The first-order chi connectivity index (χ1) is 8.82. The SMILES string of the molecule is [2H]c1cccc(C([2H])C([2H])N=C(N)N=C(C)N)c1[2H]. The van der Waals surface area contributed by atoms with E-state index < -0.39 is 12.9 Å². The van der Waals surface area contributed by atoms with E-state index in [0.717, 1.165) is 0 Å². The van der Waals surface area contributed by atoms with Crippen LogP contribution in [0, 0.1) is 0 Å². The van der Waals surface area contributed by atoms with Crippen LogP contribution in [0.25, 0.3) is 0 Å². The minimum Gasteiger partial charge on any atom is -0.387 e. The van der Waals surface area contributed by atoms with Crippen molar-refractivity contribution >= 4 is 11.8 Å². The van der Waals surface area contributed by atoms with Gasteiger partial charge in [-0.3, -0.25) is 4.99 Å². The summed E-state index contributed by atoms with van der Waals surface area (Å²) in [6, 6.07) is 4.49. The molecule has 1 aromatic rings. The predicted molar refractivity (Wildman–Crippen MR) is 63.9 cm³/mol. The summed E-state index contributed by atoms with van der Waals surface area (Å²) in [5.74, 6) is 0.0372. The zero-order valence-corrected chi connectivity index (χ0v) is 8.44. The molecule has 4 heteroatoms. The number of rotatable bonds is 3. The fourth-order valence-corrected chi connectivity index (χ4v) is 0.867. The quantitative estimate of drug-likeness (QED) is 0.572. The van der Waals surface area contributed by atoms with Crippen LogP contribution in [0.2, 0.25) is 0 Å². The van der Waals surface area contributed by atoms with Crippen LogP contribution in [0.1, 0.15) is 18.0 Å². The van der Waals surface area contributed by atoms with Crippen molar-refractivity contribution in [3.63, 3.8) is 0 Å². The molecule has 0 heterocycles. The van der Waals surface area contributed by atoms with E-state index in [1.807, 2.05) is 0 Å². The Morgan fingerprint density at radius 3 is 3.07 bits per heavy atom. The highest BCUT2D eigenvalue weighted by Gasteiger charge is 1.91. The number of aryl methyl sites for hydroxylation is 1. The van der Waals surface area contributed by atoms with Crippen molar-refractivity contribution in [1.29, 1.82) is 0 Å². The monoisotopic (exact) mass is 208 g/mol. The van der Waals surface area contributed by atoms with Gasteiger partial charge in [0.15, 0.2) is 0 Å². The lowest BCUT2D eigenvalue weighted by Gasteiger charge is -1.97. The van der Waals surface area contributed by atoms with Gasteiger partial charge in [0.05, 0.1) is 9.95 Å². The first-order valence-electron chi connectivity index (χ1n) is 6.53. The minimum atomic E-state index is -1.23. The minimum absolute atomic E-state index is 0.00900. The largest absolute Gasteiger partial charge is 0.387 e. The summed E-state index contributed by atoms with van der Waals surface area (Å²) in [5, 5.41) is 0. The Balaban J connectivity index is 2.97. The molecule has 0 radical (unpaired) electrons. The molecule has 2 atom stereocenters. The molecule has 0 aliphatic carbocycles. The summed E-state index contributed by atoms with van der Waals surface area (Å²) in [4.78, 5) is 7.39. The number of hydrogen-bond donors (Lipinski definition) is 2. The first-order valence-corrected chi connectivity index (χ1v) is 4.37. The van der Waals surface area contributed by atoms with Crippen LogP contribution in [-0.2, 0) is 6.40 Å². The van der Waals surface area contributed by atoms with Gasteiger partial charge in [0.1, 0.15) is 0 Å². The Kier molecular flexibility index (Phi) is 2.55. The number of nitrogens with two attached hydrogens (primary N) is 2. The van der Waals surface area contributed by atoms with Gasteiger partial charge in [-0.2, -0.15) is 0 Å². The highest BCUT2D eigenvalue weighted by atomic mass is 15.1. The molecule has 0 fully saturated rings. The van der Waals surface area contributed by atoms with E-state index in [0.29, 0.717) is 0 Å². The molecule has 15 heavy (non-hydrogen) atoms. The highest BCUT2D eigenvalue weighted by molar-refractivity contribution is 5.93. The maximum Gasteiger partial charge on any atom is 0.216 e. The maximum atomic E-state index is 7.90. The van der Waals surface area contributed by atoms with Crippen molar-refractivity contribution in [3.05, 3.63) is 35.8 Å². The van der Waals surface area contributed by atoms with Gasteiger partial charge in [-0.25, -0.2) is 4.99 Å². The molecular formula is C11H16N4. The lowest BCUT2D eigenvalue weighted by molar-refractivity contribution is 0.962. The molecule has 0 aromatic heterocycles. The molecule has 4 N–H and O–H groups in total. The molecule has 0 amide bonds. The maximum absolute atomic E-state index is 7.90. The zero-order valence-electron chi connectivity index (χ0n) is 12.4. The van der Waals surface area contributed by atoms with Crippen LogP contribution in [0.15, 0.2) is 40.3 Å². The van der Waals surface area contributed by atoms with Crippen molar-refractivity contribution in [2.45, 2.75) is 13.3 Å². The van der Waals surface area contributed by atoms with E-state index in [9.17, 15) is 0 Å². The van der Waals surface area contributed by atoms with Gasteiger partial charge in [0.2, 0.25) is 5.96 Å². The molecule has 1 aromatic carbocycles. The van der Waals surface area contributed by atoms with Crippen LogP contribution >= 0.6 is 0 Å². The second-order valence-corrected chi connectivity index (χ2v) is 2.81. The summed E-state index contributed by atoms with van der Waals surface area (Å²) in [5.41, 5.74) is 11.0. The smallest absolute Gasteiger partial charge is 0.216 e. The molecule has 0 aliphatic heterocycles. The van der Waals surface area contributed by atoms with E-state index in [-0.39, 0.29) is 29.4 Å². The van der Waals surface area contributed by atoms with E-state index in [1.54, 1.807) is 6.07 Å². The molecule has 0 aliphatic rings. The van der Waals surface area contributed by atoms with Crippen LogP contribution < -0.4 is 11.5 Å². The van der Waals surface area contributed by atoms with Gasteiger partial charge < -0.3 is 11.5 Å². The zero-order chi connectivity index (χ0) is 14.6. The van der Waals surface area contributed by atoms with Gasteiger partial charge >= 0.3 is 0 Å². The Hall–Kier alpha value is -1.84. The van der Waals surface area contributed by atoms with Gasteiger partial charge in [0, 0.05) is 7.89 Å². The van der Waals surface area contributed by atoms with Gasteiger partial charge in [-0.15, -0.1) is 0 Å². The normalized spacial score (nSPS) is 20.9. The van der Waals surface area contributed by atoms with E-state index in [1.165, 1.54) is 19.1 Å². The summed E-state index contributed by atoms with van der Waals surface area (Å²) in [7, 11) is 0. The summed E-state index contributed by atoms with van der Waals surface area (Å²) in [6.07, 6.45) is -1.11. The lowest BCUT2D eigenvalue weighted by atomic mass is 10.2. The van der Waals surface area contributed by atoms with Crippen LogP contribution in [0.4, 0.5) is 0 Å². The average molecular weight is 208 g/mol. The van der Waals surface area contributed by atoms with E-state index in [4.69, 9.17) is 17.0 Å². The Bertz CT molecular complexity index is 511. The van der Waals surface area contributed by atoms with Crippen molar-refractivity contribution in [3.8, 4) is 0 Å². The van der Waals surface area contributed by atoms with Crippen LogP contribution in [0.3, 0.4) is 0 Å². The van der Waals surface area contributed by atoms with Crippen molar-refractivity contribution in [1.82, 2.24) is 0 Å². The van der Waals surface area contributed by atoms with Crippen LogP contribution in [0.5, 0.6) is 0 Å². The number of aliphatic imine (C=N–C) groups is 2. The second kappa shape index (κ2) is 5.80. The Morgan fingerprint density at radius 1 is 1.53 bits per heavy atom. The fourth-order valence-electron chi connectivity index (χ4n) is 0.867. The van der Waals surface area contributed by atoms with E-state index >= 15 is 0 Å². The van der Waals surface area contributed by atoms with E-state index in [2.05, 4.69) is 9.98 Å². The van der Waals surface area contributed by atoms with Gasteiger partial charge in [-0.1, -0.05) is 30.3 Å². The molecule has 0 spiro atoms. The molecule has 0 saturated heterocycles. The lowest BCUT2D eigenvalue weighted by Crippen LogP contribution is -2.16. The number of benzene rings is 1. The average Bonchev–Trinajstić information content (AvgIpc) is 2.30. The predicted octanol–water partition coefficient (Wildman–Crippen LogP) is 0.921. The van der Waals surface area contributed by atoms with Crippen molar-refractivity contribution < 1.29 is 5.48 Å². The van der Waals surface area contributed by atoms with Gasteiger partial charge in [0.25, 0.3) is 0 Å². The standard InChI is InChI=1S/C11H16N4/c1-9(12)15-11(13)14-8-7-10-5-3-2-4-6-10/h2-6H,7-8H2,1H3,(H4,12,13,14,15)/i3D,5D,7D,8D. The van der Waals surface area contributed by atoms with Crippen LogP contribution in [-0.4, -0.2) is 18.3 Å². The third kappa shape index (κ3) is 4.81. The first kappa shape index (κ1) is 6.61. The highest BCUT2D eigenvalue weighted by Crippen LogP contribution is 1.99. The molecule has 80 valence electrons. The number of guanidine groups is 1. The molecule has 4 nitrogen and oxygen atoms in total. The molecule has 1 rings (SSSR count). The molecule has 0 bridgehead atoms. The molecular weight excluding hydrogens is 188 g/mol.